The number of hydrogen-bond donors (Lipinski definition) is 2. The van der Waals surface area contributed by atoms with Crippen molar-refractivity contribution in [2.75, 3.05) is 38.5 Å². The summed E-state index contributed by atoms with van der Waals surface area (Å²) in [5.41, 5.74) is 0. The Morgan fingerprint density at radius 2 is 2.10 bits per heavy atom. The van der Waals surface area contributed by atoms with Gasteiger partial charge in [-0.2, -0.15) is 0 Å². The predicted octanol–water partition coefficient (Wildman–Crippen LogP) is 0.605. The maximum absolute atomic E-state index is 11.6. The van der Waals surface area contributed by atoms with E-state index in [-0.39, 0.29) is 24.0 Å². The molecule has 0 aromatic carbocycles. The molecule has 0 bridgehead atoms. The van der Waals surface area contributed by atoms with Crippen molar-refractivity contribution in [3.63, 3.8) is 0 Å². The van der Waals surface area contributed by atoms with Crippen molar-refractivity contribution in [2.24, 2.45) is 10.9 Å². The first-order valence-electron chi connectivity index (χ1n) is 7.12. The summed E-state index contributed by atoms with van der Waals surface area (Å²) < 4.78 is 24.8. The Morgan fingerprint density at radius 1 is 1.35 bits per heavy atom. The summed E-state index contributed by atoms with van der Waals surface area (Å²) in [4.78, 5) is 4.50. The van der Waals surface area contributed by atoms with Crippen molar-refractivity contribution in [3.05, 3.63) is 0 Å². The quantitative estimate of drug-likeness (QED) is 0.378. The third-order valence-corrected chi connectivity index (χ3v) is 5.36. The lowest BCUT2D eigenvalue weighted by atomic mass is 10.4. The molecule has 1 saturated carbocycles. The zero-order chi connectivity index (χ0) is 13.7. The van der Waals surface area contributed by atoms with E-state index in [1.807, 2.05) is 6.92 Å². The molecule has 0 unspecified atom stereocenters. The van der Waals surface area contributed by atoms with E-state index in [1.54, 1.807) is 4.31 Å². The van der Waals surface area contributed by atoms with E-state index in [1.165, 1.54) is 12.8 Å². The zero-order valence-electron chi connectivity index (χ0n) is 12.0. The molecule has 1 saturated heterocycles. The van der Waals surface area contributed by atoms with Gasteiger partial charge >= 0.3 is 0 Å². The fraction of sp³-hybridized carbons (Fsp3) is 0.917. The average Bonchev–Trinajstić information content (AvgIpc) is 3.12. The van der Waals surface area contributed by atoms with Crippen LogP contribution in [0.5, 0.6) is 0 Å². The molecule has 1 aliphatic heterocycles. The minimum atomic E-state index is -2.98. The van der Waals surface area contributed by atoms with Crippen LogP contribution in [0.1, 0.15) is 26.2 Å². The monoisotopic (exact) mass is 416 g/mol. The number of sulfonamides is 1. The van der Waals surface area contributed by atoms with Crippen LogP contribution in [0.2, 0.25) is 0 Å². The van der Waals surface area contributed by atoms with Crippen molar-refractivity contribution in [2.45, 2.75) is 26.2 Å². The summed E-state index contributed by atoms with van der Waals surface area (Å²) in [6.07, 6.45) is 3.32. The first-order chi connectivity index (χ1) is 9.12. The van der Waals surface area contributed by atoms with Crippen LogP contribution in [-0.2, 0) is 10.0 Å². The van der Waals surface area contributed by atoms with Gasteiger partial charge in [0.25, 0.3) is 0 Å². The Hall–Kier alpha value is -0.0900. The van der Waals surface area contributed by atoms with Crippen molar-refractivity contribution in [3.8, 4) is 0 Å². The molecule has 0 spiro atoms. The van der Waals surface area contributed by atoms with Gasteiger partial charge in [0, 0.05) is 32.7 Å². The largest absolute Gasteiger partial charge is 0.357 e. The summed E-state index contributed by atoms with van der Waals surface area (Å²) in [7, 11) is -2.98. The molecule has 0 aromatic rings. The normalized spacial score (nSPS) is 22.4. The minimum Gasteiger partial charge on any atom is -0.357 e. The summed E-state index contributed by atoms with van der Waals surface area (Å²) in [6, 6.07) is 0. The van der Waals surface area contributed by atoms with E-state index in [0.717, 1.165) is 31.4 Å². The van der Waals surface area contributed by atoms with E-state index >= 15 is 0 Å². The van der Waals surface area contributed by atoms with E-state index < -0.39 is 10.0 Å². The van der Waals surface area contributed by atoms with E-state index in [2.05, 4.69) is 15.6 Å². The molecular weight excluding hydrogens is 391 g/mol. The van der Waals surface area contributed by atoms with E-state index in [9.17, 15) is 8.42 Å². The number of nitrogens with zero attached hydrogens (tertiary/aromatic N) is 2. The summed E-state index contributed by atoms with van der Waals surface area (Å²) in [6.45, 7) is 5.50. The van der Waals surface area contributed by atoms with Gasteiger partial charge in [0.1, 0.15) is 0 Å². The first-order valence-corrected chi connectivity index (χ1v) is 8.72. The molecule has 2 aliphatic rings. The van der Waals surface area contributed by atoms with Crippen LogP contribution in [0.15, 0.2) is 4.99 Å². The lowest BCUT2D eigenvalue weighted by Gasteiger charge is -2.16. The van der Waals surface area contributed by atoms with Gasteiger partial charge < -0.3 is 10.6 Å². The van der Waals surface area contributed by atoms with Gasteiger partial charge in [-0.25, -0.2) is 12.7 Å². The molecule has 2 rings (SSSR count). The maximum Gasteiger partial charge on any atom is 0.214 e. The molecule has 6 nitrogen and oxygen atoms in total. The Morgan fingerprint density at radius 3 is 2.65 bits per heavy atom. The second-order valence-corrected chi connectivity index (χ2v) is 7.25. The Balaban J connectivity index is 0.00000200. The molecule has 1 aliphatic carbocycles. The SMILES string of the molecule is CCNC(=NCC1CC1)NCCN1CCCS1(=O)=O.I. The first kappa shape index (κ1) is 18.0. The Bertz CT molecular complexity index is 423. The molecule has 8 heteroatoms. The van der Waals surface area contributed by atoms with Crippen molar-refractivity contribution >= 4 is 40.0 Å². The number of nitrogens with one attached hydrogen (secondary N) is 2. The molecule has 2 fully saturated rings. The molecule has 20 heavy (non-hydrogen) atoms. The molecule has 0 amide bonds. The molecule has 0 radical (unpaired) electrons. The number of aliphatic imine (C=N–C) groups is 1. The standard InChI is InChI=1S/C12H24N4O2S.HI/c1-2-13-12(15-10-11-4-5-11)14-6-8-16-7-3-9-19(16,17)18;/h11H,2-10H2,1H3,(H2,13,14,15);1H. The number of guanidine groups is 1. The molecule has 2 N–H and O–H groups in total. The highest BCUT2D eigenvalue weighted by Gasteiger charge is 2.27. The van der Waals surface area contributed by atoms with Gasteiger partial charge in [-0.15, -0.1) is 24.0 Å². The van der Waals surface area contributed by atoms with Crippen LogP contribution < -0.4 is 10.6 Å². The third-order valence-electron chi connectivity index (χ3n) is 3.41. The number of halogens is 1. The highest BCUT2D eigenvalue weighted by Crippen LogP contribution is 2.28. The highest BCUT2D eigenvalue weighted by atomic mass is 127. The molecule has 118 valence electrons. The smallest absolute Gasteiger partial charge is 0.214 e. The second kappa shape index (κ2) is 8.38. The topological polar surface area (TPSA) is 73.8 Å². The van der Waals surface area contributed by atoms with Gasteiger partial charge in [-0.3, -0.25) is 4.99 Å². The Labute approximate surface area is 138 Å². The lowest BCUT2D eigenvalue weighted by molar-refractivity contribution is 0.445. The maximum atomic E-state index is 11.6. The van der Waals surface area contributed by atoms with Crippen LogP contribution in [0.4, 0.5) is 0 Å². The fourth-order valence-corrected chi connectivity index (χ4v) is 3.63. The summed E-state index contributed by atoms with van der Waals surface area (Å²) in [5.74, 6) is 1.85. The Kier molecular flexibility index (Phi) is 7.52. The molecule has 1 heterocycles. The highest BCUT2D eigenvalue weighted by molar-refractivity contribution is 14.0. The van der Waals surface area contributed by atoms with Gasteiger partial charge in [0.05, 0.1) is 5.75 Å². The molecule has 0 aromatic heterocycles. The summed E-state index contributed by atoms with van der Waals surface area (Å²) in [5, 5.41) is 6.38. The third kappa shape index (κ3) is 5.72. The van der Waals surface area contributed by atoms with Crippen molar-refractivity contribution in [1.29, 1.82) is 0 Å². The minimum absolute atomic E-state index is 0. The van der Waals surface area contributed by atoms with Crippen LogP contribution >= 0.6 is 24.0 Å². The van der Waals surface area contributed by atoms with Gasteiger partial charge in [0.15, 0.2) is 5.96 Å². The molecular formula is C12H25IN4O2S. The van der Waals surface area contributed by atoms with Crippen LogP contribution in [0.3, 0.4) is 0 Å². The van der Waals surface area contributed by atoms with Gasteiger partial charge in [-0.05, 0) is 32.1 Å². The zero-order valence-corrected chi connectivity index (χ0v) is 15.1. The van der Waals surface area contributed by atoms with Crippen LogP contribution in [0.25, 0.3) is 0 Å². The van der Waals surface area contributed by atoms with Crippen molar-refractivity contribution < 1.29 is 8.42 Å². The van der Waals surface area contributed by atoms with E-state index in [4.69, 9.17) is 0 Å². The second-order valence-electron chi connectivity index (χ2n) is 5.16. The number of hydrogen-bond acceptors (Lipinski definition) is 3. The van der Waals surface area contributed by atoms with Gasteiger partial charge in [0.2, 0.25) is 10.0 Å². The average molecular weight is 416 g/mol. The van der Waals surface area contributed by atoms with Crippen molar-refractivity contribution in [1.82, 2.24) is 14.9 Å². The van der Waals surface area contributed by atoms with Crippen LogP contribution in [0, 0.1) is 5.92 Å². The predicted molar refractivity (Wildman–Crippen MR) is 92.1 cm³/mol. The molecule has 0 atom stereocenters. The lowest BCUT2D eigenvalue weighted by Crippen LogP contribution is -2.42. The van der Waals surface area contributed by atoms with Crippen LogP contribution in [-0.4, -0.2) is 57.2 Å². The fourth-order valence-electron chi connectivity index (χ4n) is 2.10. The summed E-state index contributed by atoms with van der Waals surface area (Å²) >= 11 is 0. The van der Waals surface area contributed by atoms with Gasteiger partial charge in [-0.1, -0.05) is 0 Å². The van der Waals surface area contributed by atoms with E-state index in [0.29, 0.717) is 25.4 Å². The number of rotatable bonds is 6.